The number of aromatic nitrogens is 2. The molecule has 0 spiro atoms. The van der Waals surface area contributed by atoms with Gasteiger partial charge in [0.1, 0.15) is 5.82 Å². The van der Waals surface area contributed by atoms with Crippen LogP contribution >= 0.6 is 0 Å². The van der Waals surface area contributed by atoms with Gasteiger partial charge >= 0.3 is 0 Å². The van der Waals surface area contributed by atoms with E-state index in [-0.39, 0.29) is 0 Å². The third-order valence-electron chi connectivity index (χ3n) is 2.28. The molecule has 1 aromatic carbocycles. The minimum atomic E-state index is -0.829. The van der Waals surface area contributed by atoms with E-state index in [4.69, 9.17) is 0 Å². The van der Waals surface area contributed by atoms with Crippen LogP contribution in [0.4, 0.5) is 14.6 Å². The van der Waals surface area contributed by atoms with Crippen molar-refractivity contribution >= 4 is 5.82 Å². The van der Waals surface area contributed by atoms with Gasteiger partial charge in [-0.3, -0.25) is 4.68 Å². The van der Waals surface area contributed by atoms with Gasteiger partial charge in [-0.25, -0.2) is 8.78 Å². The van der Waals surface area contributed by atoms with Crippen molar-refractivity contribution in [3.8, 4) is 0 Å². The van der Waals surface area contributed by atoms with Gasteiger partial charge in [-0.05, 0) is 17.7 Å². The minimum absolute atomic E-state index is 0.427. The second-order valence-electron chi connectivity index (χ2n) is 3.44. The third-order valence-corrected chi connectivity index (χ3v) is 2.28. The summed E-state index contributed by atoms with van der Waals surface area (Å²) in [6.07, 6.45) is 1.66. The molecular formula is C11H11F2N3. The van der Waals surface area contributed by atoms with Gasteiger partial charge in [0.05, 0.1) is 6.20 Å². The average Bonchev–Trinajstić information content (AvgIpc) is 2.66. The Kier molecular flexibility index (Phi) is 2.85. The van der Waals surface area contributed by atoms with Crippen LogP contribution in [0.1, 0.15) is 5.56 Å². The number of hydrogen-bond donors (Lipinski definition) is 1. The average molecular weight is 223 g/mol. The molecule has 0 radical (unpaired) electrons. The smallest absolute Gasteiger partial charge is 0.159 e. The third kappa shape index (κ3) is 2.18. The summed E-state index contributed by atoms with van der Waals surface area (Å²) in [5, 5.41) is 7.05. The second kappa shape index (κ2) is 4.30. The van der Waals surface area contributed by atoms with Crippen LogP contribution in [0.3, 0.4) is 0 Å². The van der Waals surface area contributed by atoms with Crippen LogP contribution in [0.25, 0.3) is 0 Å². The fourth-order valence-corrected chi connectivity index (χ4v) is 1.39. The van der Waals surface area contributed by atoms with Gasteiger partial charge in [-0.15, -0.1) is 0 Å². The van der Waals surface area contributed by atoms with E-state index in [2.05, 4.69) is 10.4 Å². The van der Waals surface area contributed by atoms with Crippen LogP contribution in [-0.2, 0) is 13.6 Å². The van der Waals surface area contributed by atoms with Crippen LogP contribution in [-0.4, -0.2) is 9.78 Å². The standard InChI is InChI=1S/C11H11F2N3/c1-16-11(4-5-15-16)14-7-8-2-3-9(12)10(13)6-8/h2-6,14H,7H2,1H3. The highest BCUT2D eigenvalue weighted by atomic mass is 19.2. The Balaban J connectivity index is 2.05. The quantitative estimate of drug-likeness (QED) is 0.865. The van der Waals surface area contributed by atoms with E-state index in [0.717, 1.165) is 11.9 Å². The maximum Gasteiger partial charge on any atom is 0.159 e. The predicted molar refractivity (Wildman–Crippen MR) is 56.9 cm³/mol. The van der Waals surface area contributed by atoms with Crippen molar-refractivity contribution in [3.05, 3.63) is 47.7 Å². The topological polar surface area (TPSA) is 29.9 Å². The lowest BCUT2D eigenvalue weighted by Gasteiger charge is -2.06. The molecule has 0 saturated heterocycles. The van der Waals surface area contributed by atoms with Crippen LogP contribution < -0.4 is 5.32 Å². The zero-order valence-electron chi connectivity index (χ0n) is 8.74. The zero-order valence-corrected chi connectivity index (χ0v) is 8.74. The molecule has 0 fully saturated rings. The molecule has 0 amide bonds. The highest BCUT2D eigenvalue weighted by Gasteiger charge is 2.03. The maximum absolute atomic E-state index is 12.9. The van der Waals surface area contributed by atoms with Crippen molar-refractivity contribution in [2.24, 2.45) is 7.05 Å². The lowest BCUT2D eigenvalue weighted by Crippen LogP contribution is -2.05. The molecule has 0 aliphatic carbocycles. The fourth-order valence-electron chi connectivity index (χ4n) is 1.39. The Hall–Kier alpha value is -1.91. The molecule has 0 atom stereocenters. The molecule has 3 nitrogen and oxygen atoms in total. The molecule has 0 aliphatic rings. The van der Waals surface area contributed by atoms with Gasteiger partial charge < -0.3 is 5.32 Å². The zero-order chi connectivity index (χ0) is 11.5. The lowest BCUT2D eigenvalue weighted by molar-refractivity contribution is 0.507. The number of halogens is 2. The molecule has 1 N–H and O–H groups in total. The Morgan fingerprint density at radius 2 is 2.06 bits per heavy atom. The molecule has 1 heterocycles. The SMILES string of the molecule is Cn1nccc1NCc1ccc(F)c(F)c1. The van der Waals surface area contributed by atoms with Crippen molar-refractivity contribution in [2.45, 2.75) is 6.54 Å². The maximum atomic E-state index is 12.9. The van der Waals surface area contributed by atoms with Crippen LogP contribution in [0.15, 0.2) is 30.5 Å². The highest BCUT2D eigenvalue weighted by molar-refractivity contribution is 5.35. The van der Waals surface area contributed by atoms with E-state index in [1.165, 1.54) is 6.07 Å². The van der Waals surface area contributed by atoms with E-state index < -0.39 is 11.6 Å². The molecule has 2 rings (SSSR count). The van der Waals surface area contributed by atoms with E-state index in [0.29, 0.717) is 12.1 Å². The van der Waals surface area contributed by atoms with E-state index >= 15 is 0 Å². The van der Waals surface area contributed by atoms with E-state index in [1.807, 2.05) is 0 Å². The van der Waals surface area contributed by atoms with Gasteiger partial charge in [-0.1, -0.05) is 6.07 Å². The van der Waals surface area contributed by atoms with Crippen molar-refractivity contribution in [2.75, 3.05) is 5.32 Å². The number of nitrogens with one attached hydrogen (secondary N) is 1. The Bertz CT molecular complexity index is 494. The molecule has 0 saturated carbocycles. The predicted octanol–water partition coefficient (Wildman–Crippen LogP) is 2.31. The summed E-state index contributed by atoms with van der Waals surface area (Å²) in [6.45, 7) is 0.427. The highest BCUT2D eigenvalue weighted by Crippen LogP contribution is 2.11. The minimum Gasteiger partial charge on any atom is -0.366 e. The monoisotopic (exact) mass is 223 g/mol. The summed E-state index contributed by atoms with van der Waals surface area (Å²) in [5.74, 6) is -0.835. The van der Waals surface area contributed by atoms with Gasteiger partial charge in [0.25, 0.3) is 0 Å². The molecule has 84 valence electrons. The van der Waals surface area contributed by atoms with Crippen LogP contribution in [0.2, 0.25) is 0 Å². The second-order valence-corrected chi connectivity index (χ2v) is 3.44. The Morgan fingerprint density at radius 1 is 1.25 bits per heavy atom. The number of nitrogens with zero attached hydrogens (tertiary/aromatic N) is 2. The Morgan fingerprint density at radius 3 is 2.69 bits per heavy atom. The van der Waals surface area contributed by atoms with E-state index in [1.54, 1.807) is 30.1 Å². The summed E-state index contributed by atoms with van der Waals surface area (Å²) in [7, 11) is 1.80. The molecule has 0 aliphatic heterocycles. The molecule has 2 aromatic rings. The van der Waals surface area contributed by atoms with Gasteiger partial charge in [0.2, 0.25) is 0 Å². The number of hydrogen-bond acceptors (Lipinski definition) is 2. The first-order chi connectivity index (χ1) is 7.66. The molecule has 1 aromatic heterocycles. The number of aryl methyl sites for hydroxylation is 1. The fraction of sp³-hybridized carbons (Fsp3) is 0.182. The van der Waals surface area contributed by atoms with Crippen molar-refractivity contribution in [3.63, 3.8) is 0 Å². The lowest BCUT2D eigenvalue weighted by atomic mass is 10.2. The van der Waals surface area contributed by atoms with Crippen LogP contribution in [0.5, 0.6) is 0 Å². The van der Waals surface area contributed by atoms with Crippen molar-refractivity contribution in [1.82, 2.24) is 9.78 Å². The first-order valence-electron chi connectivity index (χ1n) is 4.82. The molecule has 16 heavy (non-hydrogen) atoms. The first-order valence-corrected chi connectivity index (χ1v) is 4.82. The molecule has 5 heteroatoms. The number of rotatable bonds is 3. The van der Waals surface area contributed by atoms with Crippen molar-refractivity contribution < 1.29 is 8.78 Å². The van der Waals surface area contributed by atoms with Gasteiger partial charge in [-0.2, -0.15) is 5.10 Å². The largest absolute Gasteiger partial charge is 0.366 e. The summed E-state index contributed by atoms with van der Waals surface area (Å²) >= 11 is 0. The first kappa shape index (κ1) is 10.6. The molecule has 0 bridgehead atoms. The molecular weight excluding hydrogens is 212 g/mol. The Labute approximate surface area is 91.7 Å². The normalized spacial score (nSPS) is 10.4. The summed E-state index contributed by atoms with van der Waals surface area (Å²) in [5.41, 5.74) is 0.681. The molecule has 0 unspecified atom stereocenters. The summed E-state index contributed by atoms with van der Waals surface area (Å²) in [4.78, 5) is 0. The number of benzene rings is 1. The van der Waals surface area contributed by atoms with Crippen LogP contribution in [0, 0.1) is 11.6 Å². The summed E-state index contributed by atoms with van der Waals surface area (Å²) < 4.78 is 27.2. The number of anilines is 1. The van der Waals surface area contributed by atoms with Gasteiger partial charge in [0, 0.05) is 19.7 Å². The van der Waals surface area contributed by atoms with Gasteiger partial charge in [0.15, 0.2) is 11.6 Å². The van der Waals surface area contributed by atoms with E-state index in [9.17, 15) is 8.78 Å². The van der Waals surface area contributed by atoms with Crippen molar-refractivity contribution in [1.29, 1.82) is 0 Å². The summed E-state index contributed by atoms with van der Waals surface area (Å²) in [6, 6.07) is 5.65.